The van der Waals surface area contributed by atoms with Crippen molar-refractivity contribution < 1.29 is 49.0 Å². The molecule has 0 aliphatic carbocycles. The van der Waals surface area contributed by atoms with Crippen molar-refractivity contribution in [2.24, 2.45) is 0 Å². The van der Waals surface area contributed by atoms with Crippen LogP contribution in [0.3, 0.4) is 0 Å². The van der Waals surface area contributed by atoms with Crippen LogP contribution in [0.25, 0.3) is 0 Å². The van der Waals surface area contributed by atoms with Crippen molar-refractivity contribution in [3.05, 3.63) is 0 Å². The number of hydrogen-bond acceptors (Lipinski definition) is 10. The molecule has 6 atom stereocenters. The van der Waals surface area contributed by atoms with Gasteiger partial charge in [-0.1, -0.05) is 142 Å². The molecule has 6 unspecified atom stereocenters. The summed E-state index contributed by atoms with van der Waals surface area (Å²) in [6.07, 6.45) is 18.8. The van der Waals surface area contributed by atoms with Crippen LogP contribution in [0.1, 0.15) is 168 Å². The fourth-order valence-corrected chi connectivity index (χ4v) is 5.89. The molecule has 4 N–H and O–H groups in total. The molecule has 278 valence electrons. The first kappa shape index (κ1) is 43.7. The zero-order chi connectivity index (χ0) is 34.5. The molecule has 1 aliphatic rings. The molecule has 1 fully saturated rings. The molecule has 10 nitrogen and oxygen atoms in total. The van der Waals surface area contributed by atoms with Gasteiger partial charge in [-0.2, -0.15) is 0 Å². The third-order valence-electron chi connectivity index (χ3n) is 8.99. The number of unbranched alkanes of at least 4 members (excludes halogenated alkanes) is 20. The van der Waals surface area contributed by atoms with E-state index in [1.54, 1.807) is 0 Å². The zero-order valence-corrected chi connectivity index (χ0v) is 29.8. The average Bonchev–Trinajstić information content (AvgIpc) is 3.06. The minimum Gasteiger partial charge on any atom is -0.462 e. The maximum absolute atomic E-state index is 12.6. The Kier molecular flexibility index (Phi) is 27.5. The van der Waals surface area contributed by atoms with Crippen molar-refractivity contribution >= 4 is 11.9 Å². The van der Waals surface area contributed by atoms with Crippen LogP contribution >= 0.6 is 0 Å². The Morgan fingerprint density at radius 1 is 0.574 bits per heavy atom. The fraction of sp³-hybridized carbons (Fsp3) is 0.946. The Morgan fingerprint density at radius 3 is 1.45 bits per heavy atom. The first-order valence-corrected chi connectivity index (χ1v) is 19.1. The molecule has 0 aromatic heterocycles. The van der Waals surface area contributed by atoms with E-state index in [1.807, 2.05) is 0 Å². The lowest BCUT2D eigenvalue weighted by Gasteiger charge is -2.39. The molecule has 0 spiro atoms. The summed E-state index contributed by atoms with van der Waals surface area (Å²) in [7, 11) is 0. The Bertz CT molecular complexity index is 749. The van der Waals surface area contributed by atoms with Crippen LogP contribution in [0, 0.1) is 0 Å². The van der Waals surface area contributed by atoms with Gasteiger partial charge in [0, 0.05) is 12.8 Å². The number of esters is 2. The summed E-state index contributed by atoms with van der Waals surface area (Å²) < 4.78 is 21.9. The molecule has 0 amide bonds. The average molecular weight is 675 g/mol. The first-order chi connectivity index (χ1) is 22.8. The summed E-state index contributed by atoms with van der Waals surface area (Å²) in [5.74, 6) is -0.812. The highest BCUT2D eigenvalue weighted by molar-refractivity contribution is 5.70. The quantitative estimate of drug-likeness (QED) is 0.0464. The van der Waals surface area contributed by atoms with Crippen LogP contribution in [0.15, 0.2) is 0 Å². The third-order valence-corrected chi connectivity index (χ3v) is 8.99. The maximum Gasteiger partial charge on any atom is 0.306 e. The lowest BCUT2D eigenvalue weighted by molar-refractivity contribution is -0.305. The number of aliphatic hydroxyl groups excluding tert-OH is 4. The van der Waals surface area contributed by atoms with Crippen LogP contribution in [-0.4, -0.2) is 89.0 Å². The second-order valence-electron chi connectivity index (χ2n) is 13.4. The predicted octanol–water partition coefficient (Wildman–Crippen LogP) is 6.66. The summed E-state index contributed by atoms with van der Waals surface area (Å²) in [6, 6.07) is 0. The van der Waals surface area contributed by atoms with E-state index in [4.69, 9.17) is 18.9 Å². The van der Waals surface area contributed by atoms with E-state index in [0.29, 0.717) is 6.42 Å². The van der Waals surface area contributed by atoms with Crippen LogP contribution in [0.5, 0.6) is 0 Å². The van der Waals surface area contributed by atoms with E-state index in [-0.39, 0.29) is 32.0 Å². The Labute approximate surface area is 285 Å². The van der Waals surface area contributed by atoms with Gasteiger partial charge in [-0.25, -0.2) is 0 Å². The molecule has 0 radical (unpaired) electrons. The molecule has 1 rings (SSSR count). The van der Waals surface area contributed by atoms with E-state index < -0.39 is 49.4 Å². The third kappa shape index (κ3) is 22.1. The van der Waals surface area contributed by atoms with Crippen molar-refractivity contribution in [3.8, 4) is 0 Å². The molecule has 0 aromatic carbocycles. The minimum absolute atomic E-state index is 0.212. The molecule has 47 heavy (non-hydrogen) atoms. The smallest absolute Gasteiger partial charge is 0.306 e. The number of hydrogen-bond donors (Lipinski definition) is 4. The Morgan fingerprint density at radius 2 is 1.00 bits per heavy atom. The van der Waals surface area contributed by atoms with Crippen molar-refractivity contribution in [2.45, 2.75) is 205 Å². The molecular formula is C37H70O10. The Hall–Kier alpha value is -1.30. The molecule has 1 aliphatic heterocycles. The SMILES string of the molecule is CCCCCCCCCCCCCCCCCCCC(=O)OC(COC(=O)CCCCCCC)COC1OC(CO)C(O)C(O)C1O. The van der Waals surface area contributed by atoms with Crippen LogP contribution in [-0.2, 0) is 28.5 Å². The monoisotopic (exact) mass is 674 g/mol. The maximum atomic E-state index is 12.6. The van der Waals surface area contributed by atoms with Gasteiger partial charge in [0.2, 0.25) is 0 Å². The highest BCUT2D eigenvalue weighted by Crippen LogP contribution is 2.22. The second kappa shape index (κ2) is 29.6. The molecule has 10 heteroatoms. The molecule has 0 aromatic rings. The van der Waals surface area contributed by atoms with Gasteiger partial charge in [0.05, 0.1) is 13.2 Å². The van der Waals surface area contributed by atoms with Gasteiger partial charge >= 0.3 is 11.9 Å². The van der Waals surface area contributed by atoms with Crippen LogP contribution in [0.4, 0.5) is 0 Å². The summed E-state index contributed by atoms with van der Waals surface area (Å²) in [4.78, 5) is 24.9. The van der Waals surface area contributed by atoms with E-state index in [2.05, 4.69) is 13.8 Å². The van der Waals surface area contributed by atoms with Gasteiger partial charge in [0.1, 0.15) is 31.0 Å². The predicted molar refractivity (Wildman–Crippen MR) is 183 cm³/mol. The van der Waals surface area contributed by atoms with Crippen LogP contribution in [0.2, 0.25) is 0 Å². The molecule has 1 saturated heterocycles. The van der Waals surface area contributed by atoms with Gasteiger partial charge in [-0.3, -0.25) is 9.59 Å². The van der Waals surface area contributed by atoms with Crippen molar-refractivity contribution in [1.82, 2.24) is 0 Å². The lowest BCUT2D eigenvalue weighted by atomic mass is 9.99. The van der Waals surface area contributed by atoms with E-state index in [9.17, 15) is 30.0 Å². The summed E-state index contributed by atoms with van der Waals surface area (Å²) >= 11 is 0. The molecule has 0 bridgehead atoms. The van der Waals surface area contributed by atoms with E-state index in [1.165, 1.54) is 83.5 Å². The van der Waals surface area contributed by atoms with Gasteiger partial charge in [0.15, 0.2) is 12.4 Å². The largest absolute Gasteiger partial charge is 0.462 e. The fourth-order valence-electron chi connectivity index (χ4n) is 5.89. The van der Waals surface area contributed by atoms with Gasteiger partial charge in [-0.15, -0.1) is 0 Å². The lowest BCUT2D eigenvalue weighted by Crippen LogP contribution is -2.59. The molecule has 0 saturated carbocycles. The normalized spacial score (nSPS) is 21.9. The summed E-state index contributed by atoms with van der Waals surface area (Å²) in [5.41, 5.74) is 0. The highest BCUT2D eigenvalue weighted by atomic mass is 16.7. The van der Waals surface area contributed by atoms with Crippen molar-refractivity contribution in [2.75, 3.05) is 19.8 Å². The summed E-state index contributed by atoms with van der Waals surface area (Å²) in [6.45, 7) is 3.33. The second-order valence-corrected chi connectivity index (χ2v) is 13.4. The molecule has 1 heterocycles. The van der Waals surface area contributed by atoms with E-state index >= 15 is 0 Å². The first-order valence-electron chi connectivity index (χ1n) is 19.1. The number of carbonyl (C=O) groups excluding carboxylic acids is 2. The number of carbonyl (C=O) groups is 2. The number of rotatable bonds is 31. The minimum atomic E-state index is -1.59. The summed E-state index contributed by atoms with van der Waals surface area (Å²) in [5, 5.41) is 39.7. The topological polar surface area (TPSA) is 152 Å². The van der Waals surface area contributed by atoms with Crippen molar-refractivity contribution in [1.29, 1.82) is 0 Å². The van der Waals surface area contributed by atoms with E-state index in [0.717, 1.165) is 51.4 Å². The van der Waals surface area contributed by atoms with Crippen molar-refractivity contribution in [3.63, 3.8) is 0 Å². The van der Waals surface area contributed by atoms with Crippen LogP contribution < -0.4 is 0 Å². The van der Waals surface area contributed by atoms with Gasteiger partial charge < -0.3 is 39.4 Å². The highest BCUT2D eigenvalue weighted by Gasteiger charge is 2.44. The Balaban J connectivity index is 2.29. The zero-order valence-electron chi connectivity index (χ0n) is 29.8. The number of ether oxygens (including phenoxy) is 4. The molecular weight excluding hydrogens is 604 g/mol. The van der Waals surface area contributed by atoms with Gasteiger partial charge in [0.25, 0.3) is 0 Å². The standard InChI is InChI=1S/C37H70O10/c1-3-5-7-9-10-11-12-13-14-15-16-17-18-19-20-22-24-26-33(40)46-30(28-44-32(39)25-23-21-8-6-4-2)29-45-37-36(43)35(42)34(41)31(27-38)47-37/h30-31,34-38,41-43H,3-29H2,1-2H3. The van der Waals surface area contributed by atoms with Gasteiger partial charge in [-0.05, 0) is 12.8 Å². The number of aliphatic hydroxyl groups is 4.